The predicted octanol–water partition coefficient (Wildman–Crippen LogP) is 0.651. The fourth-order valence-corrected chi connectivity index (χ4v) is 2.42. The van der Waals surface area contributed by atoms with Crippen LogP contribution < -0.4 is 11.1 Å². The Morgan fingerprint density at radius 2 is 2.17 bits per heavy atom. The number of oxime groups is 1. The number of nitrogens with two attached hydrogens (primary N) is 1. The second-order valence-electron chi connectivity index (χ2n) is 5.50. The van der Waals surface area contributed by atoms with Crippen molar-refractivity contribution < 1.29 is 9.63 Å². The summed E-state index contributed by atoms with van der Waals surface area (Å²) in [6, 6.07) is 10.2. The molecule has 2 aromatic rings. The smallest absolute Gasteiger partial charge is 0.266 e. The van der Waals surface area contributed by atoms with Crippen molar-refractivity contribution in [3.8, 4) is 0 Å². The predicted molar refractivity (Wildman–Crippen MR) is 85.6 cm³/mol. The molecular formula is C16H19N5O2. The normalized spacial score (nSPS) is 16.9. The minimum Gasteiger partial charge on any atom is -0.390 e. The molecule has 0 radical (unpaired) electrons. The average molecular weight is 313 g/mol. The van der Waals surface area contributed by atoms with Gasteiger partial charge in [-0.15, -0.1) is 0 Å². The van der Waals surface area contributed by atoms with Gasteiger partial charge in [0, 0.05) is 31.3 Å². The number of hydrogen-bond acceptors (Lipinski definition) is 5. The van der Waals surface area contributed by atoms with Crippen molar-refractivity contribution in [2.45, 2.75) is 25.6 Å². The topological polar surface area (TPSA) is 94.5 Å². The highest BCUT2D eigenvalue weighted by Gasteiger charge is 2.23. The van der Waals surface area contributed by atoms with Gasteiger partial charge in [0.1, 0.15) is 11.8 Å². The number of rotatable bonds is 7. The van der Waals surface area contributed by atoms with E-state index >= 15 is 0 Å². The maximum atomic E-state index is 11.0. The molecule has 0 unspecified atom stereocenters. The fraction of sp³-hybridized carbons (Fsp3) is 0.312. The van der Waals surface area contributed by atoms with E-state index in [2.05, 4.69) is 27.7 Å². The summed E-state index contributed by atoms with van der Waals surface area (Å²) in [5.74, 6) is -0.519. The summed E-state index contributed by atoms with van der Waals surface area (Å²) in [6.45, 7) is 2.03. The number of aromatic nitrogens is 2. The Balaban J connectivity index is 1.42. The van der Waals surface area contributed by atoms with Gasteiger partial charge in [0.15, 0.2) is 0 Å². The summed E-state index contributed by atoms with van der Waals surface area (Å²) in [5.41, 5.74) is 7.77. The molecule has 2 heterocycles. The molecule has 3 N–H and O–H groups in total. The van der Waals surface area contributed by atoms with E-state index in [1.54, 1.807) is 0 Å². The van der Waals surface area contributed by atoms with Gasteiger partial charge >= 0.3 is 0 Å². The van der Waals surface area contributed by atoms with E-state index in [-0.39, 0.29) is 6.10 Å². The first-order valence-electron chi connectivity index (χ1n) is 7.49. The van der Waals surface area contributed by atoms with E-state index < -0.39 is 5.91 Å². The van der Waals surface area contributed by atoms with Gasteiger partial charge in [-0.25, -0.2) is 0 Å². The molecule has 23 heavy (non-hydrogen) atoms. The van der Waals surface area contributed by atoms with Crippen molar-refractivity contribution in [2.75, 3.05) is 6.54 Å². The maximum Gasteiger partial charge on any atom is 0.266 e. The van der Waals surface area contributed by atoms with Crippen molar-refractivity contribution >= 4 is 11.6 Å². The highest BCUT2D eigenvalue weighted by Crippen LogP contribution is 2.09. The summed E-state index contributed by atoms with van der Waals surface area (Å²) in [6.07, 6.45) is 4.17. The van der Waals surface area contributed by atoms with E-state index in [1.807, 2.05) is 35.3 Å². The van der Waals surface area contributed by atoms with Crippen LogP contribution in [0.1, 0.15) is 17.5 Å². The fourth-order valence-electron chi connectivity index (χ4n) is 2.42. The SMILES string of the molecule is NC(=O)C1=NO[C@@H](CNCc2cnn(Cc3ccccc3)c2)C1. The van der Waals surface area contributed by atoms with Gasteiger partial charge in [0.25, 0.3) is 5.91 Å². The molecular weight excluding hydrogens is 294 g/mol. The minimum atomic E-state index is -0.519. The summed E-state index contributed by atoms with van der Waals surface area (Å²) in [7, 11) is 0. The van der Waals surface area contributed by atoms with Crippen LogP contribution in [0.5, 0.6) is 0 Å². The van der Waals surface area contributed by atoms with Crippen molar-refractivity contribution in [2.24, 2.45) is 10.9 Å². The van der Waals surface area contributed by atoms with E-state index in [9.17, 15) is 4.79 Å². The zero-order valence-electron chi connectivity index (χ0n) is 12.7. The Bertz CT molecular complexity index is 696. The van der Waals surface area contributed by atoms with Crippen LogP contribution in [0.15, 0.2) is 47.9 Å². The van der Waals surface area contributed by atoms with Crippen LogP contribution in [0.25, 0.3) is 0 Å². The largest absolute Gasteiger partial charge is 0.390 e. The first kappa shape index (κ1) is 15.2. The molecule has 1 atom stereocenters. The van der Waals surface area contributed by atoms with Gasteiger partial charge in [-0.2, -0.15) is 5.10 Å². The number of primary amides is 1. The third-order valence-electron chi connectivity index (χ3n) is 3.59. The highest BCUT2D eigenvalue weighted by molar-refractivity contribution is 6.38. The molecule has 0 fully saturated rings. The zero-order valence-corrected chi connectivity index (χ0v) is 12.7. The number of nitrogens with one attached hydrogen (secondary N) is 1. The minimum absolute atomic E-state index is 0.142. The lowest BCUT2D eigenvalue weighted by Crippen LogP contribution is -2.29. The number of carbonyl (C=O) groups excluding carboxylic acids is 1. The van der Waals surface area contributed by atoms with E-state index in [4.69, 9.17) is 10.6 Å². The molecule has 1 aromatic carbocycles. The van der Waals surface area contributed by atoms with Crippen LogP contribution >= 0.6 is 0 Å². The second kappa shape index (κ2) is 7.06. The second-order valence-corrected chi connectivity index (χ2v) is 5.50. The summed E-state index contributed by atoms with van der Waals surface area (Å²) in [5, 5.41) is 11.3. The first-order chi connectivity index (χ1) is 11.2. The van der Waals surface area contributed by atoms with Gasteiger partial charge in [-0.3, -0.25) is 9.48 Å². The molecule has 0 bridgehead atoms. The van der Waals surface area contributed by atoms with E-state index in [0.29, 0.717) is 25.2 Å². The van der Waals surface area contributed by atoms with E-state index in [1.165, 1.54) is 5.56 Å². The lowest BCUT2D eigenvalue weighted by molar-refractivity contribution is -0.112. The summed E-state index contributed by atoms with van der Waals surface area (Å²) in [4.78, 5) is 16.1. The average Bonchev–Trinajstić information content (AvgIpc) is 3.18. The van der Waals surface area contributed by atoms with Crippen LogP contribution in [0.2, 0.25) is 0 Å². The van der Waals surface area contributed by atoms with Gasteiger partial charge in [0.2, 0.25) is 0 Å². The first-order valence-corrected chi connectivity index (χ1v) is 7.49. The Hall–Kier alpha value is -2.67. The quantitative estimate of drug-likeness (QED) is 0.785. The Morgan fingerprint density at radius 1 is 1.35 bits per heavy atom. The lowest BCUT2D eigenvalue weighted by atomic mass is 10.2. The maximum absolute atomic E-state index is 11.0. The van der Waals surface area contributed by atoms with Crippen molar-refractivity contribution in [1.82, 2.24) is 15.1 Å². The molecule has 7 heteroatoms. The number of nitrogens with zero attached hydrogens (tertiary/aromatic N) is 3. The molecule has 1 aliphatic rings. The van der Waals surface area contributed by atoms with Gasteiger partial charge in [-0.1, -0.05) is 35.5 Å². The van der Waals surface area contributed by atoms with Crippen molar-refractivity contribution in [3.63, 3.8) is 0 Å². The van der Waals surface area contributed by atoms with Crippen LogP contribution in [-0.2, 0) is 22.7 Å². The molecule has 120 valence electrons. The third-order valence-corrected chi connectivity index (χ3v) is 3.59. The molecule has 0 saturated carbocycles. The molecule has 1 aliphatic heterocycles. The lowest BCUT2D eigenvalue weighted by Gasteiger charge is -2.08. The molecule has 0 saturated heterocycles. The van der Waals surface area contributed by atoms with Gasteiger partial charge in [0.05, 0.1) is 12.7 Å². The number of hydrogen-bond donors (Lipinski definition) is 2. The Kier molecular flexibility index (Phi) is 4.68. The molecule has 0 spiro atoms. The zero-order chi connectivity index (χ0) is 16.1. The Morgan fingerprint density at radius 3 is 2.91 bits per heavy atom. The molecule has 1 amide bonds. The van der Waals surface area contributed by atoms with Gasteiger partial charge < -0.3 is 15.9 Å². The molecule has 3 rings (SSSR count). The van der Waals surface area contributed by atoms with Crippen LogP contribution in [0.4, 0.5) is 0 Å². The molecule has 7 nitrogen and oxygen atoms in total. The molecule has 1 aromatic heterocycles. The van der Waals surface area contributed by atoms with Crippen molar-refractivity contribution in [3.05, 3.63) is 53.9 Å². The number of amides is 1. The monoisotopic (exact) mass is 313 g/mol. The number of carbonyl (C=O) groups is 1. The standard InChI is InChI=1S/C16H19N5O2/c17-16(22)15-6-14(23-20-15)9-18-7-13-8-19-21(11-13)10-12-4-2-1-3-5-12/h1-5,8,11,14,18H,6-7,9-10H2,(H2,17,22)/t14-/m1/s1. The van der Waals surface area contributed by atoms with Crippen LogP contribution in [0, 0.1) is 0 Å². The molecule has 0 aliphatic carbocycles. The van der Waals surface area contributed by atoms with Crippen LogP contribution in [-0.4, -0.2) is 34.0 Å². The van der Waals surface area contributed by atoms with Crippen LogP contribution in [0.3, 0.4) is 0 Å². The van der Waals surface area contributed by atoms with Gasteiger partial charge in [-0.05, 0) is 5.56 Å². The third kappa shape index (κ3) is 4.17. The number of benzene rings is 1. The van der Waals surface area contributed by atoms with E-state index in [0.717, 1.165) is 12.1 Å². The highest BCUT2D eigenvalue weighted by atomic mass is 16.6. The summed E-state index contributed by atoms with van der Waals surface area (Å²) < 4.78 is 1.91. The van der Waals surface area contributed by atoms with Crippen molar-refractivity contribution in [1.29, 1.82) is 0 Å². The summed E-state index contributed by atoms with van der Waals surface area (Å²) >= 11 is 0. The Labute approximate surface area is 134 Å².